The zero-order valence-electron chi connectivity index (χ0n) is 15.8. The molecule has 0 saturated carbocycles. The zero-order chi connectivity index (χ0) is 19.9. The van der Waals surface area contributed by atoms with Gasteiger partial charge in [-0.1, -0.05) is 43.5 Å². The minimum absolute atomic E-state index is 0.0108. The standard InChI is InChI=1S/C20H25NO5S/c1-4-5-6-7-16-10-13-18(19(14-16)25-3)26-20(22)21-27(23,24)17-11-8-15(2)9-12-17/h8-14H,4-7H2,1-3H3,(H,21,22). The smallest absolute Gasteiger partial charge is 0.426 e. The highest BCUT2D eigenvalue weighted by atomic mass is 32.2. The minimum atomic E-state index is -4.00. The van der Waals surface area contributed by atoms with Crippen molar-refractivity contribution in [1.82, 2.24) is 4.72 Å². The molecule has 7 heteroatoms. The average molecular weight is 391 g/mol. The van der Waals surface area contributed by atoms with Crippen molar-refractivity contribution in [3.63, 3.8) is 0 Å². The summed E-state index contributed by atoms with van der Waals surface area (Å²) in [6.07, 6.45) is 3.15. The van der Waals surface area contributed by atoms with E-state index in [4.69, 9.17) is 9.47 Å². The van der Waals surface area contributed by atoms with Crippen LogP contribution in [0.4, 0.5) is 4.79 Å². The maximum atomic E-state index is 12.3. The van der Waals surface area contributed by atoms with Gasteiger partial charge >= 0.3 is 6.09 Å². The largest absolute Gasteiger partial charge is 0.493 e. The first-order valence-corrected chi connectivity index (χ1v) is 10.3. The molecule has 0 atom stereocenters. The van der Waals surface area contributed by atoms with E-state index < -0.39 is 16.1 Å². The predicted molar refractivity (Wildman–Crippen MR) is 104 cm³/mol. The number of hydrogen-bond acceptors (Lipinski definition) is 5. The van der Waals surface area contributed by atoms with Crippen molar-refractivity contribution in [2.45, 2.75) is 44.4 Å². The molecule has 0 fully saturated rings. The summed E-state index contributed by atoms with van der Waals surface area (Å²) < 4.78 is 36.8. The first kappa shape index (κ1) is 20.8. The SMILES string of the molecule is CCCCCc1ccc(OC(=O)NS(=O)(=O)c2ccc(C)cc2)c(OC)c1. The van der Waals surface area contributed by atoms with Gasteiger partial charge in [0.15, 0.2) is 11.5 Å². The molecule has 0 aliphatic heterocycles. The van der Waals surface area contributed by atoms with Crippen LogP contribution in [0.5, 0.6) is 11.5 Å². The fourth-order valence-corrected chi connectivity index (χ4v) is 3.41. The van der Waals surface area contributed by atoms with Crippen LogP contribution in [0.25, 0.3) is 0 Å². The highest BCUT2D eigenvalue weighted by Gasteiger charge is 2.20. The molecule has 0 bridgehead atoms. The molecule has 0 saturated heterocycles. The van der Waals surface area contributed by atoms with Crippen LogP contribution in [0.2, 0.25) is 0 Å². The van der Waals surface area contributed by atoms with E-state index in [1.54, 1.807) is 24.3 Å². The lowest BCUT2D eigenvalue weighted by atomic mass is 10.1. The molecule has 6 nitrogen and oxygen atoms in total. The maximum absolute atomic E-state index is 12.3. The van der Waals surface area contributed by atoms with E-state index in [1.165, 1.54) is 19.2 Å². The van der Waals surface area contributed by atoms with E-state index in [0.29, 0.717) is 5.75 Å². The van der Waals surface area contributed by atoms with Crippen LogP contribution in [0.1, 0.15) is 37.3 Å². The summed E-state index contributed by atoms with van der Waals surface area (Å²) >= 11 is 0. The number of nitrogens with one attached hydrogen (secondary N) is 1. The lowest BCUT2D eigenvalue weighted by molar-refractivity contribution is 0.204. The van der Waals surface area contributed by atoms with E-state index in [1.807, 2.05) is 17.7 Å². The fraction of sp³-hybridized carbons (Fsp3) is 0.350. The molecule has 0 aliphatic rings. The maximum Gasteiger partial charge on any atom is 0.426 e. The number of methoxy groups -OCH3 is 1. The van der Waals surface area contributed by atoms with Gasteiger partial charge in [0.2, 0.25) is 0 Å². The number of ether oxygens (including phenoxy) is 2. The molecule has 0 spiro atoms. The Kier molecular flexibility index (Phi) is 7.24. The third-order valence-electron chi connectivity index (χ3n) is 4.05. The molecule has 1 amide bonds. The molecule has 0 radical (unpaired) electrons. The number of carbonyl (C=O) groups excluding carboxylic acids is 1. The molecular weight excluding hydrogens is 366 g/mol. The van der Waals surface area contributed by atoms with Crippen LogP contribution in [0.15, 0.2) is 47.4 Å². The van der Waals surface area contributed by atoms with Gasteiger partial charge in [-0.05, 0) is 49.6 Å². The molecule has 2 rings (SSSR count). The zero-order valence-corrected chi connectivity index (χ0v) is 16.6. The number of unbranched alkanes of at least 4 members (excludes halogenated alkanes) is 2. The molecule has 0 aliphatic carbocycles. The molecule has 0 aromatic heterocycles. The second-order valence-electron chi connectivity index (χ2n) is 6.25. The van der Waals surface area contributed by atoms with Crippen molar-refractivity contribution >= 4 is 16.1 Å². The Morgan fingerprint density at radius 3 is 2.37 bits per heavy atom. The first-order valence-electron chi connectivity index (χ1n) is 8.84. The van der Waals surface area contributed by atoms with Crippen molar-refractivity contribution in [3.8, 4) is 11.5 Å². The highest BCUT2D eigenvalue weighted by Crippen LogP contribution is 2.29. The predicted octanol–water partition coefficient (Wildman–Crippen LogP) is 4.21. The van der Waals surface area contributed by atoms with Crippen LogP contribution >= 0.6 is 0 Å². The van der Waals surface area contributed by atoms with Gasteiger partial charge < -0.3 is 9.47 Å². The number of benzene rings is 2. The average Bonchev–Trinajstić information content (AvgIpc) is 2.63. The van der Waals surface area contributed by atoms with Crippen molar-refractivity contribution in [2.75, 3.05) is 7.11 Å². The van der Waals surface area contributed by atoms with Gasteiger partial charge in [0.25, 0.3) is 10.0 Å². The quantitative estimate of drug-likeness (QED) is 0.682. The Bertz CT molecular complexity index is 876. The van der Waals surface area contributed by atoms with Crippen LogP contribution in [-0.2, 0) is 16.4 Å². The first-order chi connectivity index (χ1) is 12.9. The minimum Gasteiger partial charge on any atom is -0.493 e. The monoisotopic (exact) mass is 391 g/mol. The lowest BCUT2D eigenvalue weighted by Crippen LogP contribution is -2.33. The Morgan fingerprint density at radius 2 is 1.74 bits per heavy atom. The van der Waals surface area contributed by atoms with E-state index in [-0.39, 0.29) is 10.6 Å². The van der Waals surface area contributed by atoms with Crippen molar-refractivity contribution in [3.05, 3.63) is 53.6 Å². The van der Waals surface area contributed by atoms with E-state index >= 15 is 0 Å². The molecule has 0 unspecified atom stereocenters. The second-order valence-corrected chi connectivity index (χ2v) is 7.93. The number of rotatable bonds is 8. The van der Waals surface area contributed by atoms with Gasteiger partial charge in [-0.3, -0.25) is 0 Å². The van der Waals surface area contributed by atoms with Gasteiger partial charge in [-0.25, -0.2) is 17.9 Å². The van der Waals surface area contributed by atoms with Crippen LogP contribution in [0.3, 0.4) is 0 Å². The number of aryl methyl sites for hydroxylation is 2. The third kappa shape index (κ3) is 5.99. The summed E-state index contributed by atoms with van der Waals surface area (Å²) in [4.78, 5) is 12.1. The Morgan fingerprint density at radius 1 is 1.04 bits per heavy atom. The molecule has 0 heterocycles. The van der Waals surface area contributed by atoms with Crippen LogP contribution in [-0.4, -0.2) is 21.6 Å². The summed E-state index contributed by atoms with van der Waals surface area (Å²) in [5, 5.41) is 0. The van der Waals surface area contributed by atoms with Crippen molar-refractivity contribution in [2.24, 2.45) is 0 Å². The molecule has 2 aromatic rings. The third-order valence-corrected chi connectivity index (χ3v) is 5.38. The summed E-state index contributed by atoms with van der Waals surface area (Å²) in [6, 6.07) is 11.4. The molecule has 27 heavy (non-hydrogen) atoms. The lowest BCUT2D eigenvalue weighted by Gasteiger charge is -2.12. The highest BCUT2D eigenvalue weighted by molar-refractivity contribution is 7.90. The summed E-state index contributed by atoms with van der Waals surface area (Å²) in [5.74, 6) is 0.542. The van der Waals surface area contributed by atoms with E-state index in [9.17, 15) is 13.2 Å². The molecule has 146 valence electrons. The van der Waals surface area contributed by atoms with Crippen LogP contribution in [0, 0.1) is 6.92 Å². The van der Waals surface area contributed by atoms with Gasteiger partial charge in [-0.15, -0.1) is 0 Å². The number of hydrogen-bond donors (Lipinski definition) is 1. The van der Waals surface area contributed by atoms with Gasteiger partial charge in [0.05, 0.1) is 12.0 Å². The van der Waals surface area contributed by atoms with Gasteiger partial charge in [0.1, 0.15) is 0 Å². The Hall–Kier alpha value is -2.54. The van der Waals surface area contributed by atoms with E-state index in [2.05, 4.69) is 6.92 Å². The van der Waals surface area contributed by atoms with Crippen LogP contribution < -0.4 is 14.2 Å². The topological polar surface area (TPSA) is 81.7 Å². The number of amides is 1. The second kappa shape index (κ2) is 9.41. The van der Waals surface area contributed by atoms with Crippen molar-refractivity contribution < 1.29 is 22.7 Å². The number of sulfonamides is 1. The summed E-state index contributed by atoms with van der Waals surface area (Å²) in [5.41, 5.74) is 1.99. The summed E-state index contributed by atoms with van der Waals surface area (Å²) in [7, 11) is -2.53. The van der Waals surface area contributed by atoms with E-state index in [0.717, 1.165) is 36.8 Å². The normalized spacial score (nSPS) is 11.1. The van der Waals surface area contributed by atoms with Gasteiger partial charge in [0, 0.05) is 0 Å². The Balaban J connectivity index is 2.07. The summed E-state index contributed by atoms with van der Waals surface area (Å²) in [6.45, 7) is 3.98. The molecule has 1 N–H and O–H groups in total. The molecular formula is C20H25NO5S. The Labute approximate surface area is 160 Å². The fourth-order valence-electron chi connectivity index (χ4n) is 2.54. The number of carbonyl (C=O) groups is 1. The van der Waals surface area contributed by atoms with Gasteiger partial charge in [-0.2, -0.15) is 0 Å². The van der Waals surface area contributed by atoms with Crippen molar-refractivity contribution in [1.29, 1.82) is 0 Å². The molecule has 2 aromatic carbocycles.